The molecular formula is C14H18N4O3. The molecule has 2 rings (SSSR count). The summed E-state index contributed by atoms with van der Waals surface area (Å²) < 4.78 is 0. The quantitative estimate of drug-likeness (QED) is 0.628. The van der Waals surface area contributed by atoms with E-state index in [1.165, 1.54) is 6.92 Å². The Kier molecular flexibility index (Phi) is 4.54. The van der Waals surface area contributed by atoms with E-state index in [9.17, 15) is 14.4 Å². The van der Waals surface area contributed by atoms with Gasteiger partial charge in [-0.15, -0.1) is 0 Å². The fraction of sp³-hybridized carbons (Fsp3) is 0.357. The molecule has 0 aromatic heterocycles. The zero-order valence-corrected chi connectivity index (χ0v) is 11.9. The van der Waals surface area contributed by atoms with Crippen LogP contribution in [0.5, 0.6) is 0 Å². The molecule has 1 aliphatic rings. The molecule has 1 saturated heterocycles. The van der Waals surface area contributed by atoms with Gasteiger partial charge in [-0.25, -0.2) is 0 Å². The number of carbonyl (C=O) groups is 3. The van der Waals surface area contributed by atoms with Crippen LogP contribution in [0.1, 0.15) is 12.5 Å². The van der Waals surface area contributed by atoms with Crippen molar-refractivity contribution in [2.24, 2.45) is 0 Å². The zero-order valence-electron chi connectivity index (χ0n) is 11.9. The number of rotatable bonds is 3. The minimum Gasteiger partial charge on any atom is -0.353 e. The molecule has 0 spiro atoms. The molecule has 7 nitrogen and oxygen atoms in total. The molecule has 21 heavy (non-hydrogen) atoms. The third-order valence-electron chi connectivity index (χ3n) is 3.14. The van der Waals surface area contributed by atoms with Crippen molar-refractivity contribution in [1.29, 1.82) is 0 Å². The fourth-order valence-corrected chi connectivity index (χ4v) is 2.01. The summed E-state index contributed by atoms with van der Waals surface area (Å²) in [7, 11) is 0. The van der Waals surface area contributed by atoms with Crippen molar-refractivity contribution in [2.45, 2.75) is 19.9 Å². The Bertz CT molecular complexity index is 576. The van der Waals surface area contributed by atoms with Gasteiger partial charge in [-0.3, -0.25) is 19.7 Å². The second kappa shape index (κ2) is 6.36. The van der Waals surface area contributed by atoms with E-state index in [1.807, 2.05) is 13.0 Å². The van der Waals surface area contributed by atoms with Gasteiger partial charge in [-0.05, 0) is 24.6 Å². The van der Waals surface area contributed by atoms with Crippen molar-refractivity contribution in [1.82, 2.24) is 10.6 Å². The molecule has 1 unspecified atom stereocenters. The van der Waals surface area contributed by atoms with E-state index in [-0.39, 0.29) is 30.8 Å². The van der Waals surface area contributed by atoms with E-state index in [0.717, 1.165) is 5.56 Å². The Labute approximate surface area is 122 Å². The Morgan fingerprint density at radius 2 is 2.05 bits per heavy atom. The van der Waals surface area contributed by atoms with Crippen molar-refractivity contribution < 1.29 is 14.4 Å². The van der Waals surface area contributed by atoms with Crippen LogP contribution in [0.25, 0.3) is 0 Å². The molecule has 1 aliphatic heterocycles. The highest BCUT2D eigenvalue weighted by Crippen LogP contribution is 2.20. The zero-order chi connectivity index (χ0) is 15.4. The van der Waals surface area contributed by atoms with Gasteiger partial charge in [0, 0.05) is 24.8 Å². The van der Waals surface area contributed by atoms with Crippen molar-refractivity contribution in [3.63, 3.8) is 0 Å². The first-order valence-corrected chi connectivity index (χ1v) is 6.65. The molecule has 1 aromatic rings. The maximum absolute atomic E-state index is 12.1. The van der Waals surface area contributed by atoms with Crippen molar-refractivity contribution in [2.75, 3.05) is 23.7 Å². The molecule has 0 radical (unpaired) electrons. The number of anilines is 2. The predicted octanol–water partition coefficient (Wildman–Crippen LogP) is -0.0201. The standard InChI is InChI=1S/C14H18N4O3/c1-8-3-4-10(17-9(2)19)5-11(8)18-14(21)12-6-16-13(20)7-15-12/h3-5,12,15H,6-7H2,1-2H3,(H,16,20)(H,17,19)(H,18,21). The van der Waals surface area contributed by atoms with Crippen molar-refractivity contribution >= 4 is 29.1 Å². The molecule has 3 amide bonds. The smallest absolute Gasteiger partial charge is 0.243 e. The summed E-state index contributed by atoms with van der Waals surface area (Å²) in [5.74, 6) is -0.520. The first-order chi connectivity index (χ1) is 9.95. The lowest BCUT2D eigenvalue weighted by atomic mass is 10.1. The largest absolute Gasteiger partial charge is 0.353 e. The molecule has 1 fully saturated rings. The summed E-state index contributed by atoms with van der Waals surface area (Å²) in [6, 6.07) is 4.82. The lowest BCUT2D eigenvalue weighted by Crippen LogP contribution is -2.56. The van der Waals surface area contributed by atoms with Gasteiger partial charge in [0.1, 0.15) is 6.04 Å². The number of benzene rings is 1. The molecule has 1 aromatic carbocycles. The summed E-state index contributed by atoms with van der Waals surface area (Å²) in [4.78, 5) is 34.3. The van der Waals surface area contributed by atoms with Crippen LogP contribution in [0.15, 0.2) is 18.2 Å². The van der Waals surface area contributed by atoms with Crippen LogP contribution in [-0.4, -0.2) is 36.9 Å². The monoisotopic (exact) mass is 290 g/mol. The van der Waals surface area contributed by atoms with E-state index >= 15 is 0 Å². The third kappa shape index (κ3) is 4.03. The second-order valence-electron chi connectivity index (χ2n) is 4.94. The van der Waals surface area contributed by atoms with E-state index in [4.69, 9.17) is 0 Å². The number of hydrogen-bond donors (Lipinski definition) is 4. The molecule has 7 heteroatoms. The van der Waals surface area contributed by atoms with Crippen LogP contribution in [-0.2, 0) is 14.4 Å². The van der Waals surface area contributed by atoms with Gasteiger partial charge in [0.05, 0.1) is 6.54 Å². The van der Waals surface area contributed by atoms with Crippen molar-refractivity contribution in [3.05, 3.63) is 23.8 Å². The van der Waals surface area contributed by atoms with Crippen molar-refractivity contribution in [3.8, 4) is 0 Å². The number of carbonyl (C=O) groups excluding carboxylic acids is 3. The van der Waals surface area contributed by atoms with Gasteiger partial charge in [0.15, 0.2) is 0 Å². The number of aryl methyl sites for hydroxylation is 1. The van der Waals surface area contributed by atoms with E-state index in [2.05, 4.69) is 21.3 Å². The van der Waals surface area contributed by atoms with Gasteiger partial charge in [-0.2, -0.15) is 0 Å². The Balaban J connectivity index is 2.05. The summed E-state index contributed by atoms with van der Waals surface area (Å²) in [6.45, 7) is 3.67. The Hall–Kier alpha value is -2.41. The summed E-state index contributed by atoms with van der Waals surface area (Å²) in [6.07, 6.45) is 0. The van der Waals surface area contributed by atoms with Crippen LogP contribution >= 0.6 is 0 Å². The number of hydrogen-bond acceptors (Lipinski definition) is 4. The number of amides is 3. The molecule has 0 saturated carbocycles. The van der Waals surface area contributed by atoms with Crippen LogP contribution in [0.2, 0.25) is 0 Å². The maximum atomic E-state index is 12.1. The SMILES string of the molecule is CC(=O)Nc1ccc(C)c(NC(=O)C2CNC(=O)CN2)c1. The highest BCUT2D eigenvalue weighted by Gasteiger charge is 2.24. The Morgan fingerprint density at radius 3 is 2.67 bits per heavy atom. The highest BCUT2D eigenvalue weighted by molar-refractivity contribution is 5.98. The lowest BCUT2D eigenvalue weighted by Gasteiger charge is -2.23. The molecule has 1 heterocycles. The maximum Gasteiger partial charge on any atom is 0.243 e. The van der Waals surface area contributed by atoms with Gasteiger partial charge >= 0.3 is 0 Å². The van der Waals surface area contributed by atoms with Gasteiger partial charge < -0.3 is 16.0 Å². The van der Waals surface area contributed by atoms with Crippen LogP contribution in [0.4, 0.5) is 11.4 Å². The van der Waals surface area contributed by atoms with Crippen LogP contribution in [0.3, 0.4) is 0 Å². The third-order valence-corrected chi connectivity index (χ3v) is 3.14. The fourth-order valence-electron chi connectivity index (χ4n) is 2.01. The highest BCUT2D eigenvalue weighted by atomic mass is 16.2. The van der Waals surface area contributed by atoms with Gasteiger partial charge in [0.2, 0.25) is 17.7 Å². The molecule has 112 valence electrons. The average molecular weight is 290 g/mol. The minimum absolute atomic E-state index is 0.122. The Morgan fingerprint density at radius 1 is 1.29 bits per heavy atom. The molecule has 1 atom stereocenters. The minimum atomic E-state index is -0.466. The first-order valence-electron chi connectivity index (χ1n) is 6.65. The molecule has 0 aliphatic carbocycles. The summed E-state index contributed by atoms with van der Waals surface area (Å²) in [5, 5.41) is 11.0. The van der Waals surface area contributed by atoms with E-state index < -0.39 is 6.04 Å². The van der Waals surface area contributed by atoms with Crippen LogP contribution in [0, 0.1) is 6.92 Å². The predicted molar refractivity (Wildman–Crippen MR) is 78.9 cm³/mol. The van der Waals surface area contributed by atoms with E-state index in [0.29, 0.717) is 11.4 Å². The second-order valence-corrected chi connectivity index (χ2v) is 4.94. The average Bonchev–Trinajstić information content (AvgIpc) is 2.42. The first kappa shape index (κ1) is 15.0. The lowest BCUT2D eigenvalue weighted by molar-refractivity contribution is -0.124. The molecular weight excluding hydrogens is 272 g/mol. The molecule has 4 N–H and O–H groups in total. The normalized spacial score (nSPS) is 17.8. The van der Waals surface area contributed by atoms with Gasteiger partial charge in [-0.1, -0.05) is 6.07 Å². The van der Waals surface area contributed by atoms with E-state index in [1.54, 1.807) is 12.1 Å². The number of piperazine rings is 1. The summed E-state index contributed by atoms with van der Waals surface area (Å²) in [5.41, 5.74) is 2.13. The van der Waals surface area contributed by atoms with Crippen LogP contribution < -0.4 is 21.3 Å². The van der Waals surface area contributed by atoms with Gasteiger partial charge in [0.25, 0.3) is 0 Å². The summed E-state index contributed by atoms with van der Waals surface area (Å²) >= 11 is 0. The number of nitrogens with one attached hydrogen (secondary N) is 4. The molecule has 0 bridgehead atoms. The topological polar surface area (TPSA) is 99.3 Å².